The lowest BCUT2D eigenvalue weighted by atomic mass is 9.73. The van der Waals surface area contributed by atoms with E-state index >= 15 is 0 Å². The number of rotatable bonds is 11. The Morgan fingerprint density at radius 3 is 2.46 bits per heavy atom. The number of pyridine rings is 1. The van der Waals surface area contributed by atoms with Crippen molar-refractivity contribution in [1.82, 2.24) is 15.4 Å². The van der Waals surface area contributed by atoms with Crippen molar-refractivity contribution in [3.8, 4) is 5.75 Å². The van der Waals surface area contributed by atoms with Gasteiger partial charge >= 0.3 is 0 Å². The Hall–Kier alpha value is -3.61. The smallest absolute Gasteiger partial charge is 0.249 e. The number of nitrogens with zero attached hydrogens (tertiary/aromatic N) is 3. The number of fused-ring (bicyclic) bond motifs is 1. The normalized spacial score (nSPS) is 15.9. The van der Waals surface area contributed by atoms with Crippen LogP contribution < -0.4 is 20.4 Å². The molecule has 0 saturated carbocycles. The van der Waals surface area contributed by atoms with Crippen LogP contribution in [0.1, 0.15) is 37.4 Å². The fourth-order valence-corrected chi connectivity index (χ4v) is 5.50. The molecule has 1 atom stereocenters. The van der Waals surface area contributed by atoms with E-state index in [0.29, 0.717) is 62.3 Å². The van der Waals surface area contributed by atoms with Gasteiger partial charge in [0.2, 0.25) is 5.91 Å². The van der Waals surface area contributed by atoms with E-state index in [9.17, 15) is 28.3 Å². The van der Waals surface area contributed by atoms with Crippen LogP contribution >= 0.6 is 0 Å². The highest BCUT2D eigenvalue weighted by Crippen LogP contribution is 2.41. The van der Waals surface area contributed by atoms with E-state index in [-0.39, 0.29) is 12.1 Å². The van der Waals surface area contributed by atoms with Crippen LogP contribution in [0.25, 0.3) is 10.9 Å². The SMILES string of the molecule is COc1ccc2ncc(N(C)C)c(C(O)CCC3(C(=O)NO)CCN(CCNc4cc(F)c(F)c(F)c4)CC3)c2c1. The molecule has 1 aliphatic heterocycles. The molecule has 3 aromatic rings. The number of aromatic nitrogens is 1. The Morgan fingerprint density at radius 2 is 1.85 bits per heavy atom. The average molecular weight is 576 g/mol. The van der Waals surface area contributed by atoms with E-state index in [0.717, 1.165) is 23.2 Å². The molecule has 0 spiro atoms. The van der Waals surface area contributed by atoms with Gasteiger partial charge in [0.25, 0.3) is 0 Å². The number of amides is 1. The maximum absolute atomic E-state index is 13.5. The summed E-state index contributed by atoms with van der Waals surface area (Å²) in [6.45, 7) is 1.96. The molecule has 1 saturated heterocycles. The lowest BCUT2D eigenvalue weighted by Gasteiger charge is -2.40. The van der Waals surface area contributed by atoms with Crippen LogP contribution in [0.4, 0.5) is 24.5 Å². The van der Waals surface area contributed by atoms with Crippen LogP contribution in [0, 0.1) is 22.9 Å². The highest BCUT2D eigenvalue weighted by Gasteiger charge is 2.41. The Labute approximate surface area is 236 Å². The number of methoxy groups -OCH3 is 1. The molecule has 9 nitrogen and oxygen atoms in total. The van der Waals surface area contributed by atoms with Crippen molar-refractivity contribution in [1.29, 1.82) is 0 Å². The van der Waals surface area contributed by atoms with Gasteiger partial charge in [0, 0.05) is 56.0 Å². The molecule has 1 unspecified atom stereocenters. The lowest BCUT2D eigenvalue weighted by molar-refractivity contribution is -0.143. The van der Waals surface area contributed by atoms with Crippen molar-refractivity contribution in [3.05, 3.63) is 59.5 Å². The van der Waals surface area contributed by atoms with E-state index in [1.54, 1.807) is 19.4 Å². The quantitative estimate of drug-likeness (QED) is 0.153. The van der Waals surface area contributed by atoms with Gasteiger partial charge in [-0.1, -0.05) is 0 Å². The molecule has 1 aromatic heterocycles. The summed E-state index contributed by atoms with van der Waals surface area (Å²) in [6, 6.07) is 7.28. The van der Waals surface area contributed by atoms with Crippen molar-refractivity contribution in [2.75, 3.05) is 57.6 Å². The number of carbonyl (C=O) groups is 1. The van der Waals surface area contributed by atoms with Gasteiger partial charge in [-0.15, -0.1) is 0 Å². The first-order valence-electron chi connectivity index (χ1n) is 13.5. The van der Waals surface area contributed by atoms with Gasteiger partial charge in [-0.05, 0) is 57.0 Å². The predicted molar refractivity (Wildman–Crippen MR) is 150 cm³/mol. The van der Waals surface area contributed by atoms with E-state index in [2.05, 4.69) is 15.2 Å². The number of halogens is 3. The molecule has 1 aliphatic rings. The summed E-state index contributed by atoms with van der Waals surface area (Å²) in [5.41, 5.74) is 3.22. The maximum atomic E-state index is 13.5. The number of hydrogen-bond donors (Lipinski definition) is 4. The van der Waals surface area contributed by atoms with Crippen molar-refractivity contribution in [2.24, 2.45) is 5.41 Å². The molecule has 222 valence electrons. The molecule has 4 N–H and O–H groups in total. The minimum Gasteiger partial charge on any atom is -0.497 e. The number of aliphatic hydroxyl groups excluding tert-OH is 1. The largest absolute Gasteiger partial charge is 0.497 e. The number of piperidine rings is 1. The topological polar surface area (TPSA) is 110 Å². The zero-order valence-corrected chi connectivity index (χ0v) is 23.4. The summed E-state index contributed by atoms with van der Waals surface area (Å²) in [5, 5.41) is 24.7. The number of aliphatic hydroxyl groups is 1. The molecule has 2 heterocycles. The summed E-state index contributed by atoms with van der Waals surface area (Å²) in [4.78, 5) is 21.4. The molecule has 1 amide bonds. The van der Waals surface area contributed by atoms with Gasteiger partial charge < -0.3 is 25.0 Å². The summed E-state index contributed by atoms with van der Waals surface area (Å²) >= 11 is 0. The Balaban J connectivity index is 1.43. The number of anilines is 2. The molecule has 2 aromatic carbocycles. The van der Waals surface area contributed by atoms with Gasteiger partial charge in [0.15, 0.2) is 17.5 Å². The van der Waals surface area contributed by atoms with Crippen molar-refractivity contribution in [3.63, 3.8) is 0 Å². The number of hydrogen-bond acceptors (Lipinski definition) is 8. The first-order chi connectivity index (χ1) is 19.6. The molecule has 1 fully saturated rings. The van der Waals surface area contributed by atoms with Gasteiger partial charge in [-0.3, -0.25) is 15.0 Å². The average Bonchev–Trinajstić information content (AvgIpc) is 2.97. The van der Waals surface area contributed by atoms with E-state index in [1.807, 2.05) is 36.6 Å². The fourth-order valence-electron chi connectivity index (χ4n) is 5.50. The number of hydroxylamine groups is 1. The van der Waals surface area contributed by atoms with E-state index < -0.39 is 34.9 Å². The summed E-state index contributed by atoms with van der Waals surface area (Å²) < 4.78 is 45.5. The van der Waals surface area contributed by atoms with Crippen molar-refractivity contribution < 1.29 is 33.0 Å². The number of nitrogens with one attached hydrogen (secondary N) is 2. The molecular weight excluding hydrogens is 539 g/mol. The third kappa shape index (κ3) is 6.66. The number of benzene rings is 2. The van der Waals surface area contributed by atoms with Crippen LogP contribution in [-0.2, 0) is 4.79 Å². The number of likely N-dealkylation sites (tertiary alicyclic amines) is 1. The molecule has 0 bridgehead atoms. The summed E-state index contributed by atoms with van der Waals surface area (Å²) in [5.74, 6) is -3.89. The lowest BCUT2D eigenvalue weighted by Crippen LogP contribution is -2.49. The van der Waals surface area contributed by atoms with E-state index in [1.165, 1.54) is 0 Å². The van der Waals surface area contributed by atoms with Crippen molar-refractivity contribution in [2.45, 2.75) is 31.8 Å². The van der Waals surface area contributed by atoms with Gasteiger partial charge in [-0.2, -0.15) is 0 Å². The second-order valence-corrected chi connectivity index (χ2v) is 10.6. The molecule has 41 heavy (non-hydrogen) atoms. The highest BCUT2D eigenvalue weighted by atomic mass is 19.2. The molecule has 0 aliphatic carbocycles. The van der Waals surface area contributed by atoms with Crippen LogP contribution in [0.15, 0.2) is 36.5 Å². The first kappa shape index (κ1) is 30.4. The fraction of sp³-hybridized carbons (Fsp3) is 0.448. The second kappa shape index (κ2) is 12.9. The molecule has 12 heteroatoms. The number of ether oxygens (including phenoxy) is 1. The van der Waals surface area contributed by atoms with Crippen LogP contribution in [-0.4, -0.2) is 73.5 Å². The molecular formula is C29H36F3N5O4. The Kier molecular flexibility index (Phi) is 9.57. The zero-order valence-electron chi connectivity index (χ0n) is 23.4. The van der Waals surface area contributed by atoms with Gasteiger partial charge in [-0.25, -0.2) is 18.7 Å². The van der Waals surface area contributed by atoms with Gasteiger partial charge in [0.1, 0.15) is 5.75 Å². The maximum Gasteiger partial charge on any atom is 0.249 e. The standard InChI is InChI=1S/C29H36F3N5O4/c1-36(2)24-17-34-23-5-4-19(41-3)16-20(23)26(24)25(38)6-7-29(28(39)35-40)8-11-37(12-9-29)13-10-33-18-14-21(30)27(32)22(31)15-18/h4-5,14-17,25,33,38,40H,6-13H2,1-3H3,(H,35,39). The first-order valence-corrected chi connectivity index (χ1v) is 13.5. The predicted octanol–water partition coefficient (Wildman–Crippen LogP) is 4.24. The summed E-state index contributed by atoms with van der Waals surface area (Å²) in [6.07, 6.45) is 2.29. The van der Waals surface area contributed by atoms with Crippen LogP contribution in [0.2, 0.25) is 0 Å². The third-order valence-electron chi connectivity index (χ3n) is 7.94. The molecule has 4 rings (SSSR count). The minimum atomic E-state index is -1.51. The minimum absolute atomic E-state index is 0.139. The Bertz CT molecular complexity index is 1360. The second-order valence-electron chi connectivity index (χ2n) is 10.6. The third-order valence-corrected chi connectivity index (χ3v) is 7.94. The zero-order chi connectivity index (χ0) is 29.7. The summed E-state index contributed by atoms with van der Waals surface area (Å²) in [7, 11) is 5.31. The molecule has 0 radical (unpaired) electrons. The number of carbonyl (C=O) groups excluding carboxylic acids is 1. The highest BCUT2D eigenvalue weighted by molar-refractivity contribution is 5.88. The van der Waals surface area contributed by atoms with Gasteiger partial charge in [0.05, 0.1) is 36.0 Å². The van der Waals surface area contributed by atoms with Crippen LogP contribution in [0.5, 0.6) is 5.75 Å². The monoisotopic (exact) mass is 575 g/mol. The van der Waals surface area contributed by atoms with Crippen molar-refractivity contribution >= 4 is 28.2 Å². The van der Waals surface area contributed by atoms with Crippen LogP contribution in [0.3, 0.4) is 0 Å². The Morgan fingerprint density at radius 1 is 1.17 bits per heavy atom. The van der Waals surface area contributed by atoms with E-state index in [4.69, 9.17) is 4.74 Å².